The Kier molecular flexibility index (Phi) is 7.39. The van der Waals surface area contributed by atoms with Crippen molar-refractivity contribution in [3.05, 3.63) is 0 Å². The zero-order chi connectivity index (χ0) is 23.3. The molecule has 0 saturated heterocycles. The highest BCUT2D eigenvalue weighted by Crippen LogP contribution is 2.68. The smallest absolute Gasteiger partial charge is 0.171 e. The summed E-state index contributed by atoms with van der Waals surface area (Å²) in [6, 6.07) is 0. The van der Waals surface area contributed by atoms with E-state index in [9.17, 15) is 4.79 Å². The number of carbonyl (C=O) groups is 1. The van der Waals surface area contributed by atoms with Crippen LogP contribution in [-0.2, 0) is 9.22 Å². The summed E-state index contributed by atoms with van der Waals surface area (Å²) in [5.74, 6) is 6.10. The Balaban J connectivity index is 1.56. The fourth-order valence-electron chi connectivity index (χ4n) is 9.61. The van der Waals surface area contributed by atoms with Gasteiger partial charge in [-0.3, -0.25) is 4.79 Å². The van der Waals surface area contributed by atoms with Crippen molar-refractivity contribution in [3.63, 3.8) is 0 Å². The summed E-state index contributed by atoms with van der Waals surface area (Å²) in [7, 11) is -1.05. The van der Waals surface area contributed by atoms with Crippen LogP contribution in [0.1, 0.15) is 105 Å². The van der Waals surface area contributed by atoms with Gasteiger partial charge in [0.05, 0.1) is 0 Å². The molecule has 9 atom stereocenters. The SMILES string of the molecule is CC(C)CCC[C@@H](C)[C@H]1C(O[SiH](C)C)C[C@H]2[C@@H]3CCC4CC(=O)CC[C@]4(C)[C@H]3CC[C@]12C. The van der Waals surface area contributed by atoms with Crippen LogP contribution in [0.5, 0.6) is 0 Å². The average molecular weight is 461 g/mol. The van der Waals surface area contributed by atoms with Crippen molar-refractivity contribution in [2.45, 2.75) is 124 Å². The van der Waals surface area contributed by atoms with Gasteiger partial charge in [0.15, 0.2) is 9.04 Å². The van der Waals surface area contributed by atoms with Gasteiger partial charge in [-0.25, -0.2) is 0 Å². The van der Waals surface area contributed by atoms with Crippen molar-refractivity contribution in [3.8, 4) is 0 Å². The highest BCUT2D eigenvalue weighted by atomic mass is 28.3. The van der Waals surface area contributed by atoms with Gasteiger partial charge in [-0.05, 0) is 104 Å². The van der Waals surface area contributed by atoms with Gasteiger partial charge in [-0.15, -0.1) is 0 Å². The summed E-state index contributed by atoms with van der Waals surface area (Å²) in [5.41, 5.74) is 0.877. The van der Waals surface area contributed by atoms with Crippen LogP contribution >= 0.6 is 0 Å². The first-order valence-corrected chi connectivity index (χ1v) is 17.0. The summed E-state index contributed by atoms with van der Waals surface area (Å²) in [5, 5.41) is 0. The predicted molar refractivity (Wildman–Crippen MR) is 137 cm³/mol. The highest BCUT2D eigenvalue weighted by Gasteiger charge is 2.63. The van der Waals surface area contributed by atoms with Gasteiger partial charge in [0, 0.05) is 18.9 Å². The van der Waals surface area contributed by atoms with E-state index in [4.69, 9.17) is 4.43 Å². The maximum Gasteiger partial charge on any atom is 0.171 e. The lowest BCUT2D eigenvalue weighted by molar-refractivity contribution is -0.140. The molecule has 0 spiro atoms. The summed E-state index contributed by atoms with van der Waals surface area (Å²) in [4.78, 5) is 12.2. The standard InChI is InChI=1S/C29H52O2Si/c1-19(2)9-8-10-20(3)27-26(31-32(6)7)18-25-23-12-11-21-17-22(30)13-15-28(21,4)24(23)14-16-29(25,27)5/h19-21,23-27,32H,8-18H2,1-7H3/t20-,21?,23-,24+,25+,26?,27+,28+,29+/m1/s1. The first-order valence-electron chi connectivity index (χ1n) is 14.2. The van der Waals surface area contributed by atoms with Gasteiger partial charge in [0.1, 0.15) is 5.78 Å². The Bertz CT molecular complexity index is 674. The fourth-order valence-corrected chi connectivity index (χ4v) is 10.6. The lowest BCUT2D eigenvalue weighted by Gasteiger charge is -2.60. The van der Waals surface area contributed by atoms with E-state index >= 15 is 0 Å². The van der Waals surface area contributed by atoms with Crippen molar-refractivity contribution >= 4 is 14.8 Å². The van der Waals surface area contributed by atoms with Crippen LogP contribution < -0.4 is 0 Å². The molecular weight excluding hydrogens is 408 g/mol. The quantitative estimate of drug-likeness (QED) is 0.365. The van der Waals surface area contributed by atoms with E-state index in [1.807, 2.05) is 0 Å². The van der Waals surface area contributed by atoms with Crippen LogP contribution in [-0.4, -0.2) is 20.9 Å². The normalized spacial score (nSPS) is 45.0. The van der Waals surface area contributed by atoms with Gasteiger partial charge < -0.3 is 4.43 Å². The molecule has 3 heteroatoms. The van der Waals surface area contributed by atoms with Crippen molar-refractivity contribution < 1.29 is 9.22 Å². The average Bonchev–Trinajstić information content (AvgIpc) is 2.99. The number of rotatable bonds is 7. The molecule has 0 amide bonds. The lowest BCUT2D eigenvalue weighted by Crippen LogP contribution is -2.54. The molecule has 184 valence electrons. The highest BCUT2D eigenvalue weighted by molar-refractivity contribution is 6.48. The van der Waals surface area contributed by atoms with E-state index in [-0.39, 0.29) is 0 Å². The third-order valence-corrected chi connectivity index (χ3v) is 12.0. The summed E-state index contributed by atoms with van der Waals surface area (Å²) < 4.78 is 6.85. The Hall–Kier alpha value is -0.153. The minimum atomic E-state index is -1.05. The Morgan fingerprint density at radius 1 is 1.00 bits per heavy atom. The maximum atomic E-state index is 12.2. The monoisotopic (exact) mass is 460 g/mol. The van der Waals surface area contributed by atoms with E-state index < -0.39 is 9.04 Å². The van der Waals surface area contributed by atoms with Crippen LogP contribution in [0, 0.1) is 52.3 Å². The molecule has 4 aliphatic carbocycles. The number of Topliss-reactive ketones (excluding diaryl/α,β-unsaturated/α-hetero) is 1. The third-order valence-electron chi connectivity index (χ3n) is 11.1. The van der Waals surface area contributed by atoms with Crippen molar-refractivity contribution in [2.75, 3.05) is 0 Å². The zero-order valence-corrected chi connectivity index (χ0v) is 23.4. The molecule has 4 saturated carbocycles. The second-order valence-corrected chi connectivity index (χ2v) is 16.1. The minimum absolute atomic E-state index is 0.419. The molecule has 0 aromatic rings. The summed E-state index contributed by atoms with van der Waals surface area (Å²) in [6.07, 6.45) is 14.3. The van der Waals surface area contributed by atoms with Crippen LogP contribution in [0.15, 0.2) is 0 Å². The first-order chi connectivity index (χ1) is 15.1. The molecule has 0 N–H and O–H groups in total. The van der Waals surface area contributed by atoms with Crippen LogP contribution in [0.2, 0.25) is 13.1 Å². The van der Waals surface area contributed by atoms with E-state index in [1.165, 1.54) is 51.4 Å². The molecule has 0 aromatic carbocycles. The number of hydrogen-bond acceptors (Lipinski definition) is 2. The van der Waals surface area contributed by atoms with E-state index in [1.54, 1.807) is 0 Å². The van der Waals surface area contributed by atoms with E-state index in [0.29, 0.717) is 28.6 Å². The third kappa shape index (κ3) is 4.43. The van der Waals surface area contributed by atoms with Gasteiger partial charge >= 0.3 is 0 Å². The van der Waals surface area contributed by atoms with Gasteiger partial charge in [0.2, 0.25) is 0 Å². The summed E-state index contributed by atoms with van der Waals surface area (Å²) in [6.45, 7) is 17.3. The van der Waals surface area contributed by atoms with Crippen molar-refractivity contribution in [1.82, 2.24) is 0 Å². The lowest BCUT2D eigenvalue weighted by atomic mass is 9.44. The molecule has 0 heterocycles. The molecule has 32 heavy (non-hydrogen) atoms. The number of ketones is 1. The zero-order valence-electron chi connectivity index (χ0n) is 22.3. The molecule has 0 aromatic heterocycles. The Labute approximate surface area is 200 Å². The molecular formula is C29H52O2Si. The first kappa shape index (κ1) is 25.0. The van der Waals surface area contributed by atoms with Gasteiger partial charge in [0.25, 0.3) is 0 Å². The molecule has 2 nitrogen and oxygen atoms in total. The molecule has 0 aliphatic heterocycles. The predicted octanol–water partition coefficient (Wildman–Crippen LogP) is 7.66. The van der Waals surface area contributed by atoms with Crippen LogP contribution in [0.3, 0.4) is 0 Å². The van der Waals surface area contributed by atoms with Crippen molar-refractivity contribution in [1.29, 1.82) is 0 Å². The molecule has 4 rings (SSSR count). The fraction of sp³-hybridized carbons (Fsp3) is 0.966. The molecule has 2 unspecified atom stereocenters. The number of hydrogen-bond donors (Lipinski definition) is 0. The Morgan fingerprint density at radius 2 is 1.75 bits per heavy atom. The Morgan fingerprint density at radius 3 is 2.44 bits per heavy atom. The second-order valence-electron chi connectivity index (χ2n) is 13.7. The topological polar surface area (TPSA) is 26.3 Å². The molecule has 4 fully saturated rings. The van der Waals surface area contributed by atoms with Crippen LogP contribution in [0.4, 0.5) is 0 Å². The van der Waals surface area contributed by atoms with Gasteiger partial charge in [-0.2, -0.15) is 0 Å². The summed E-state index contributed by atoms with van der Waals surface area (Å²) >= 11 is 0. The minimum Gasteiger partial charge on any atom is -0.417 e. The maximum absolute atomic E-state index is 12.2. The number of fused-ring (bicyclic) bond motifs is 5. The van der Waals surface area contributed by atoms with Crippen molar-refractivity contribution in [2.24, 2.45) is 52.3 Å². The van der Waals surface area contributed by atoms with E-state index in [2.05, 4.69) is 47.7 Å². The molecule has 0 bridgehead atoms. The second kappa shape index (κ2) is 9.48. The molecule has 0 radical (unpaired) electrons. The van der Waals surface area contributed by atoms with E-state index in [0.717, 1.165) is 54.8 Å². The largest absolute Gasteiger partial charge is 0.417 e. The number of carbonyl (C=O) groups excluding carboxylic acids is 1. The molecule has 4 aliphatic rings. The van der Waals surface area contributed by atoms with Crippen LogP contribution in [0.25, 0.3) is 0 Å². The van der Waals surface area contributed by atoms with Gasteiger partial charge in [-0.1, -0.05) is 53.9 Å².